The Kier molecular flexibility index (Phi) is 5.41. The van der Waals surface area contributed by atoms with Crippen molar-refractivity contribution >= 4 is 5.91 Å². The minimum Gasteiger partial charge on any atom is -0.379 e. The second-order valence-corrected chi connectivity index (χ2v) is 5.07. The van der Waals surface area contributed by atoms with Crippen LogP contribution in [0.1, 0.15) is 19.8 Å². The molecule has 2 aliphatic rings. The molecule has 0 radical (unpaired) electrons. The smallest absolute Gasteiger partial charge is 0.239 e. The molecule has 2 fully saturated rings. The highest BCUT2D eigenvalue weighted by atomic mass is 16.5. The maximum Gasteiger partial charge on any atom is 0.239 e. The number of carbonyl (C=O) groups excluding carboxylic acids is 1. The molecule has 2 saturated heterocycles. The normalized spacial score (nSPS) is 26.6. The lowest BCUT2D eigenvalue weighted by molar-refractivity contribution is -0.136. The van der Waals surface area contributed by atoms with Gasteiger partial charge in [-0.3, -0.25) is 9.69 Å². The van der Waals surface area contributed by atoms with Gasteiger partial charge in [0.15, 0.2) is 0 Å². The first kappa shape index (κ1) is 13.8. The van der Waals surface area contributed by atoms with Gasteiger partial charge in [0.05, 0.1) is 19.3 Å². The second-order valence-electron chi connectivity index (χ2n) is 5.07. The van der Waals surface area contributed by atoms with E-state index >= 15 is 0 Å². The van der Waals surface area contributed by atoms with Gasteiger partial charge in [-0.25, -0.2) is 0 Å². The zero-order chi connectivity index (χ0) is 12.8. The molecule has 0 unspecified atom stereocenters. The second kappa shape index (κ2) is 7.07. The van der Waals surface area contributed by atoms with Crippen molar-refractivity contribution in [3.8, 4) is 0 Å². The summed E-state index contributed by atoms with van der Waals surface area (Å²) in [4.78, 5) is 16.6. The highest BCUT2D eigenvalue weighted by Crippen LogP contribution is 2.07. The predicted octanol–water partition coefficient (Wildman–Crippen LogP) is -0.0809. The summed E-state index contributed by atoms with van der Waals surface area (Å²) < 4.78 is 5.33. The summed E-state index contributed by atoms with van der Waals surface area (Å²) in [6.07, 6.45) is 2.01. The van der Waals surface area contributed by atoms with Crippen molar-refractivity contribution in [2.45, 2.75) is 25.8 Å². The summed E-state index contributed by atoms with van der Waals surface area (Å²) in [6, 6.07) is 0.0495. The maximum absolute atomic E-state index is 12.2. The average Bonchev–Trinajstić information content (AvgIpc) is 2.41. The molecule has 0 spiro atoms. The van der Waals surface area contributed by atoms with Crippen LogP contribution in [0.25, 0.3) is 0 Å². The van der Waals surface area contributed by atoms with E-state index in [1.165, 1.54) is 0 Å². The lowest BCUT2D eigenvalue weighted by Gasteiger charge is -2.35. The standard InChI is InChI=1S/C13H25N3O2/c1-2-3-12-13(17)16(5-4-14-12)7-6-15-8-10-18-11-9-15/h12,14H,2-11H2,1H3/t12-/m0/s1. The van der Waals surface area contributed by atoms with Crippen molar-refractivity contribution in [3.63, 3.8) is 0 Å². The van der Waals surface area contributed by atoms with Gasteiger partial charge in [-0.15, -0.1) is 0 Å². The minimum absolute atomic E-state index is 0.0495. The summed E-state index contributed by atoms with van der Waals surface area (Å²) in [5.74, 6) is 0.288. The molecule has 0 aromatic heterocycles. The molecule has 18 heavy (non-hydrogen) atoms. The van der Waals surface area contributed by atoms with Crippen molar-refractivity contribution in [3.05, 3.63) is 0 Å². The minimum atomic E-state index is 0.0495. The van der Waals surface area contributed by atoms with Gasteiger partial charge >= 0.3 is 0 Å². The van der Waals surface area contributed by atoms with Crippen LogP contribution < -0.4 is 5.32 Å². The summed E-state index contributed by atoms with van der Waals surface area (Å²) in [6.45, 7) is 9.40. The Morgan fingerprint density at radius 2 is 2.06 bits per heavy atom. The fourth-order valence-electron chi connectivity index (χ4n) is 2.61. The van der Waals surface area contributed by atoms with Crippen LogP contribution in [0.2, 0.25) is 0 Å². The molecule has 2 rings (SSSR count). The number of piperazine rings is 1. The van der Waals surface area contributed by atoms with Crippen LogP contribution in [0, 0.1) is 0 Å². The van der Waals surface area contributed by atoms with Gasteiger partial charge < -0.3 is 15.0 Å². The topological polar surface area (TPSA) is 44.8 Å². The first-order chi connectivity index (χ1) is 8.81. The van der Waals surface area contributed by atoms with E-state index in [4.69, 9.17) is 4.74 Å². The van der Waals surface area contributed by atoms with Gasteiger partial charge in [-0.2, -0.15) is 0 Å². The van der Waals surface area contributed by atoms with Gasteiger partial charge in [0.1, 0.15) is 0 Å². The number of ether oxygens (including phenoxy) is 1. The number of hydrogen-bond donors (Lipinski definition) is 1. The van der Waals surface area contributed by atoms with Crippen molar-refractivity contribution < 1.29 is 9.53 Å². The van der Waals surface area contributed by atoms with Gasteiger partial charge in [-0.1, -0.05) is 13.3 Å². The SMILES string of the molecule is CCC[C@@H]1NCCN(CCN2CCOCC2)C1=O. The molecule has 2 aliphatic heterocycles. The van der Waals surface area contributed by atoms with E-state index < -0.39 is 0 Å². The van der Waals surface area contributed by atoms with Gasteiger partial charge in [0.25, 0.3) is 0 Å². The molecule has 2 heterocycles. The van der Waals surface area contributed by atoms with Crippen LogP contribution in [0.4, 0.5) is 0 Å². The highest BCUT2D eigenvalue weighted by Gasteiger charge is 2.27. The van der Waals surface area contributed by atoms with E-state index in [0.29, 0.717) is 0 Å². The monoisotopic (exact) mass is 255 g/mol. The van der Waals surface area contributed by atoms with Crippen LogP contribution >= 0.6 is 0 Å². The predicted molar refractivity (Wildman–Crippen MR) is 70.5 cm³/mol. The number of hydrogen-bond acceptors (Lipinski definition) is 4. The molecule has 0 bridgehead atoms. The first-order valence-electron chi connectivity index (χ1n) is 7.13. The average molecular weight is 255 g/mol. The summed E-state index contributed by atoms with van der Waals surface area (Å²) in [5, 5.41) is 3.31. The molecule has 1 N–H and O–H groups in total. The number of carbonyl (C=O) groups is 1. The van der Waals surface area contributed by atoms with E-state index in [1.807, 2.05) is 4.90 Å². The van der Waals surface area contributed by atoms with Crippen LogP contribution in [0.5, 0.6) is 0 Å². The van der Waals surface area contributed by atoms with Crippen LogP contribution in [0.15, 0.2) is 0 Å². The largest absolute Gasteiger partial charge is 0.379 e. The molecule has 1 atom stereocenters. The highest BCUT2D eigenvalue weighted by molar-refractivity contribution is 5.82. The van der Waals surface area contributed by atoms with Crippen LogP contribution in [0.3, 0.4) is 0 Å². The molecule has 0 aromatic rings. The fourth-order valence-corrected chi connectivity index (χ4v) is 2.61. The summed E-state index contributed by atoms with van der Waals surface area (Å²) in [5.41, 5.74) is 0. The third-order valence-electron chi connectivity index (χ3n) is 3.75. The van der Waals surface area contributed by atoms with E-state index in [-0.39, 0.29) is 11.9 Å². The van der Waals surface area contributed by atoms with Crippen LogP contribution in [-0.4, -0.2) is 74.2 Å². The number of morpholine rings is 1. The third-order valence-corrected chi connectivity index (χ3v) is 3.75. The number of rotatable bonds is 5. The zero-order valence-corrected chi connectivity index (χ0v) is 11.4. The van der Waals surface area contributed by atoms with Gasteiger partial charge in [-0.05, 0) is 6.42 Å². The van der Waals surface area contributed by atoms with E-state index in [2.05, 4.69) is 17.1 Å². The van der Waals surface area contributed by atoms with Gasteiger partial charge in [0.2, 0.25) is 5.91 Å². The third kappa shape index (κ3) is 3.67. The van der Waals surface area contributed by atoms with E-state index in [1.54, 1.807) is 0 Å². The van der Waals surface area contributed by atoms with Crippen LogP contribution in [-0.2, 0) is 9.53 Å². The van der Waals surface area contributed by atoms with E-state index in [9.17, 15) is 4.79 Å². The van der Waals surface area contributed by atoms with Gasteiger partial charge in [0, 0.05) is 39.3 Å². The zero-order valence-electron chi connectivity index (χ0n) is 11.4. The first-order valence-corrected chi connectivity index (χ1v) is 7.13. The molecule has 0 saturated carbocycles. The quantitative estimate of drug-likeness (QED) is 0.746. The molecular formula is C13H25N3O2. The Labute approximate surface area is 109 Å². The van der Waals surface area contributed by atoms with Crippen molar-refractivity contribution in [2.75, 3.05) is 52.5 Å². The van der Waals surface area contributed by atoms with E-state index in [0.717, 1.165) is 65.3 Å². The van der Waals surface area contributed by atoms with Crippen molar-refractivity contribution in [1.82, 2.24) is 15.1 Å². The maximum atomic E-state index is 12.2. The molecule has 1 amide bonds. The van der Waals surface area contributed by atoms with Crippen molar-refractivity contribution in [1.29, 1.82) is 0 Å². The summed E-state index contributed by atoms with van der Waals surface area (Å²) >= 11 is 0. The lowest BCUT2D eigenvalue weighted by Crippen LogP contribution is -2.56. The number of nitrogens with zero attached hydrogens (tertiary/aromatic N) is 2. The number of amides is 1. The molecule has 5 nitrogen and oxygen atoms in total. The molecular weight excluding hydrogens is 230 g/mol. The molecule has 0 aliphatic carbocycles. The summed E-state index contributed by atoms with van der Waals surface area (Å²) in [7, 11) is 0. The molecule has 104 valence electrons. The number of nitrogens with one attached hydrogen (secondary N) is 1. The fraction of sp³-hybridized carbons (Fsp3) is 0.923. The Morgan fingerprint density at radius 1 is 1.28 bits per heavy atom. The lowest BCUT2D eigenvalue weighted by atomic mass is 10.1. The molecule has 0 aromatic carbocycles. The Balaban J connectivity index is 1.75. The van der Waals surface area contributed by atoms with Crippen molar-refractivity contribution in [2.24, 2.45) is 0 Å². The Hall–Kier alpha value is -0.650. The Morgan fingerprint density at radius 3 is 2.78 bits per heavy atom. The molecule has 5 heteroatoms. The Bertz CT molecular complexity index is 265.